The predicted molar refractivity (Wildman–Crippen MR) is 131 cm³/mol. The summed E-state index contributed by atoms with van der Waals surface area (Å²) >= 11 is 0. The van der Waals surface area contributed by atoms with Gasteiger partial charge in [0, 0.05) is 18.7 Å². The molecule has 0 bridgehead atoms. The average molecular weight is 446 g/mol. The molecule has 3 aromatic rings. The van der Waals surface area contributed by atoms with Crippen LogP contribution in [0, 0.1) is 13.8 Å². The number of nitrogens with two attached hydrogens (primary N) is 1. The second-order valence-electron chi connectivity index (χ2n) is 8.87. The van der Waals surface area contributed by atoms with E-state index in [0.29, 0.717) is 12.8 Å². The number of aromatic hydroxyl groups is 2. The van der Waals surface area contributed by atoms with Gasteiger partial charge in [-0.2, -0.15) is 0 Å². The van der Waals surface area contributed by atoms with Crippen molar-refractivity contribution in [3.8, 4) is 11.5 Å². The van der Waals surface area contributed by atoms with Gasteiger partial charge in [-0.25, -0.2) is 0 Å². The van der Waals surface area contributed by atoms with Crippen LogP contribution in [0.25, 0.3) is 0 Å². The van der Waals surface area contributed by atoms with Gasteiger partial charge in [0.2, 0.25) is 5.91 Å². The summed E-state index contributed by atoms with van der Waals surface area (Å²) in [5, 5.41) is 26.4. The predicted octanol–water partition coefficient (Wildman–Crippen LogP) is 3.85. The minimum absolute atomic E-state index is 0.133. The zero-order chi connectivity index (χ0) is 23.5. The van der Waals surface area contributed by atoms with Crippen LogP contribution in [0.1, 0.15) is 45.8 Å². The zero-order valence-electron chi connectivity index (χ0n) is 19.1. The molecule has 0 aliphatic carbocycles. The van der Waals surface area contributed by atoms with Crippen molar-refractivity contribution in [3.63, 3.8) is 0 Å². The smallest absolute Gasteiger partial charge is 0.237 e. The van der Waals surface area contributed by atoms with E-state index in [1.165, 1.54) is 0 Å². The molecule has 0 radical (unpaired) electrons. The lowest BCUT2D eigenvalue weighted by molar-refractivity contribution is -0.123. The Hall–Kier alpha value is -3.51. The molecule has 1 heterocycles. The monoisotopic (exact) mass is 445 g/mol. The molecule has 1 amide bonds. The molecule has 0 saturated carbocycles. The molecule has 0 unspecified atom stereocenters. The first-order valence-electron chi connectivity index (χ1n) is 11.3. The summed E-state index contributed by atoms with van der Waals surface area (Å²) in [7, 11) is 0. The largest absolute Gasteiger partial charge is 0.508 e. The van der Waals surface area contributed by atoms with Crippen LogP contribution in [-0.4, -0.2) is 28.7 Å². The van der Waals surface area contributed by atoms with Crippen LogP contribution in [-0.2, 0) is 17.6 Å². The maximum absolute atomic E-state index is 13.0. The van der Waals surface area contributed by atoms with Gasteiger partial charge in [0.05, 0.1) is 12.1 Å². The minimum atomic E-state index is -0.685. The van der Waals surface area contributed by atoms with Gasteiger partial charge >= 0.3 is 0 Å². The molecule has 1 aliphatic rings. The summed E-state index contributed by atoms with van der Waals surface area (Å²) in [6.07, 6.45) is 1.79. The molecule has 172 valence electrons. The van der Waals surface area contributed by atoms with Gasteiger partial charge in [0.15, 0.2) is 0 Å². The van der Waals surface area contributed by atoms with Gasteiger partial charge in [0.1, 0.15) is 11.5 Å². The number of rotatable bonds is 6. The number of anilines is 1. The Morgan fingerprint density at radius 1 is 1.12 bits per heavy atom. The Balaban J connectivity index is 1.49. The highest BCUT2D eigenvalue weighted by Crippen LogP contribution is 2.32. The quantitative estimate of drug-likeness (QED) is 0.396. The first kappa shape index (κ1) is 22.7. The molecule has 6 nitrogen and oxygen atoms in total. The fraction of sp³-hybridized carbons (Fsp3) is 0.296. The summed E-state index contributed by atoms with van der Waals surface area (Å²) in [6, 6.07) is 16.1. The topological polar surface area (TPSA) is 108 Å². The second kappa shape index (κ2) is 9.55. The van der Waals surface area contributed by atoms with E-state index in [1.807, 2.05) is 44.2 Å². The van der Waals surface area contributed by atoms with E-state index in [2.05, 4.69) is 16.7 Å². The van der Waals surface area contributed by atoms with Gasteiger partial charge in [-0.15, -0.1) is 0 Å². The Labute approximate surface area is 194 Å². The highest BCUT2D eigenvalue weighted by molar-refractivity contribution is 5.82. The number of hydrogen-bond donors (Lipinski definition) is 5. The third-order valence-electron chi connectivity index (χ3n) is 6.38. The molecular formula is C27H31N3O3. The van der Waals surface area contributed by atoms with Crippen molar-refractivity contribution in [2.24, 2.45) is 5.73 Å². The van der Waals surface area contributed by atoms with Crippen LogP contribution in [0.3, 0.4) is 0 Å². The Morgan fingerprint density at radius 3 is 2.58 bits per heavy atom. The lowest BCUT2D eigenvalue weighted by Crippen LogP contribution is -2.44. The molecule has 33 heavy (non-hydrogen) atoms. The van der Waals surface area contributed by atoms with Crippen molar-refractivity contribution in [2.75, 3.05) is 11.9 Å². The lowest BCUT2D eigenvalue weighted by atomic mass is 9.92. The van der Waals surface area contributed by atoms with Crippen molar-refractivity contribution in [1.29, 1.82) is 0 Å². The van der Waals surface area contributed by atoms with E-state index in [4.69, 9.17) is 5.73 Å². The molecule has 0 saturated heterocycles. The van der Waals surface area contributed by atoms with E-state index in [-0.39, 0.29) is 23.4 Å². The lowest BCUT2D eigenvalue weighted by Gasteiger charge is -2.29. The standard InChI is InChI=1S/C27H31N3O3/c1-16-11-20(31)12-17(2)21(16)15-23(28)27(33)30-25-9-10-29-24-8-7-18(14-22(24)25)13-19-5-3-4-6-26(19)32/h3-8,11-12,14,23,25,29,31-32H,9-10,13,15,28H2,1-2H3,(H,30,33)/t23-,25+/m0/s1. The number of aryl methyl sites for hydroxylation is 2. The summed E-state index contributed by atoms with van der Waals surface area (Å²) in [4.78, 5) is 13.0. The molecule has 6 heteroatoms. The minimum Gasteiger partial charge on any atom is -0.508 e. The maximum Gasteiger partial charge on any atom is 0.237 e. The summed E-state index contributed by atoms with van der Waals surface area (Å²) < 4.78 is 0. The highest BCUT2D eigenvalue weighted by atomic mass is 16.3. The third kappa shape index (κ3) is 5.12. The van der Waals surface area contributed by atoms with Crippen molar-refractivity contribution in [2.45, 2.75) is 45.2 Å². The highest BCUT2D eigenvalue weighted by Gasteiger charge is 2.25. The molecule has 0 spiro atoms. The maximum atomic E-state index is 13.0. The van der Waals surface area contributed by atoms with E-state index in [0.717, 1.165) is 52.0 Å². The zero-order valence-corrected chi connectivity index (χ0v) is 19.1. The number of benzene rings is 3. The summed E-state index contributed by atoms with van der Waals surface area (Å²) in [5.74, 6) is 0.313. The van der Waals surface area contributed by atoms with Gasteiger partial charge in [-0.05, 0) is 84.3 Å². The first-order chi connectivity index (χ1) is 15.8. The van der Waals surface area contributed by atoms with Crippen molar-refractivity contribution in [1.82, 2.24) is 5.32 Å². The number of carbonyl (C=O) groups is 1. The van der Waals surface area contributed by atoms with Gasteiger partial charge in [-0.1, -0.05) is 30.3 Å². The third-order valence-corrected chi connectivity index (χ3v) is 6.38. The van der Waals surface area contributed by atoms with Crippen LogP contribution in [0.2, 0.25) is 0 Å². The molecule has 2 atom stereocenters. The molecule has 0 fully saturated rings. The SMILES string of the molecule is Cc1cc(O)cc(C)c1C[C@H](N)C(=O)N[C@@H]1CCNc2ccc(Cc3ccccc3O)cc21. The average Bonchev–Trinajstić information content (AvgIpc) is 2.78. The van der Waals surface area contributed by atoms with Crippen molar-refractivity contribution >= 4 is 11.6 Å². The van der Waals surface area contributed by atoms with E-state index in [9.17, 15) is 15.0 Å². The number of para-hydroxylation sites is 1. The second-order valence-corrected chi connectivity index (χ2v) is 8.87. The van der Waals surface area contributed by atoms with Gasteiger partial charge < -0.3 is 26.6 Å². The van der Waals surface area contributed by atoms with Crippen LogP contribution < -0.4 is 16.4 Å². The van der Waals surface area contributed by atoms with Crippen LogP contribution >= 0.6 is 0 Å². The first-order valence-corrected chi connectivity index (χ1v) is 11.3. The number of carbonyl (C=O) groups excluding carboxylic acids is 1. The fourth-order valence-electron chi connectivity index (χ4n) is 4.59. The van der Waals surface area contributed by atoms with Crippen LogP contribution in [0.15, 0.2) is 54.6 Å². The van der Waals surface area contributed by atoms with E-state index in [1.54, 1.807) is 18.2 Å². The van der Waals surface area contributed by atoms with Crippen LogP contribution in [0.4, 0.5) is 5.69 Å². The molecule has 1 aliphatic heterocycles. The molecular weight excluding hydrogens is 414 g/mol. The summed E-state index contributed by atoms with van der Waals surface area (Å²) in [6.45, 7) is 4.60. The molecule has 0 aromatic heterocycles. The Morgan fingerprint density at radius 2 is 1.85 bits per heavy atom. The summed E-state index contributed by atoms with van der Waals surface area (Å²) in [5.41, 5.74) is 13.1. The number of nitrogens with one attached hydrogen (secondary N) is 2. The Bertz CT molecular complexity index is 1150. The Kier molecular flexibility index (Phi) is 6.56. The molecule has 6 N–H and O–H groups in total. The van der Waals surface area contributed by atoms with Gasteiger partial charge in [0.25, 0.3) is 0 Å². The van der Waals surface area contributed by atoms with E-state index >= 15 is 0 Å². The van der Waals surface area contributed by atoms with Crippen molar-refractivity contribution in [3.05, 3.63) is 88.0 Å². The van der Waals surface area contributed by atoms with Gasteiger partial charge in [-0.3, -0.25) is 4.79 Å². The normalized spacial score (nSPS) is 15.9. The van der Waals surface area contributed by atoms with Crippen LogP contribution in [0.5, 0.6) is 11.5 Å². The number of fused-ring (bicyclic) bond motifs is 1. The molecule has 4 rings (SSSR count). The fourth-order valence-corrected chi connectivity index (χ4v) is 4.59. The number of phenolic OH excluding ortho intramolecular Hbond substituents is 2. The number of phenols is 2. The molecule has 3 aromatic carbocycles. The number of hydrogen-bond acceptors (Lipinski definition) is 5. The van der Waals surface area contributed by atoms with Crippen molar-refractivity contribution < 1.29 is 15.0 Å². The number of amides is 1. The van der Waals surface area contributed by atoms with E-state index < -0.39 is 6.04 Å².